The number of unbranched alkanes of at least 4 members (excludes halogenated alkanes) is 4. The van der Waals surface area contributed by atoms with Crippen molar-refractivity contribution in [3.63, 3.8) is 0 Å². The number of ketones is 1. The average Bonchev–Trinajstić information content (AvgIpc) is 1.56. The van der Waals surface area contributed by atoms with Gasteiger partial charge in [0.25, 0.3) is 29.5 Å². The molecular formula is C91H112BBr2FN7O10S8. The van der Waals surface area contributed by atoms with E-state index in [-0.39, 0.29) is 72.3 Å². The second-order valence-corrected chi connectivity index (χ2v) is 39.7. The number of allylic oxidation sites excluding steroid dienone is 1. The van der Waals surface area contributed by atoms with Crippen molar-refractivity contribution in [2.75, 3.05) is 33.3 Å². The minimum absolute atomic E-state index is 0.00389. The fourth-order valence-corrected chi connectivity index (χ4v) is 21.2. The number of nitriles is 1. The van der Waals surface area contributed by atoms with Crippen LogP contribution in [0.5, 0.6) is 0 Å². The van der Waals surface area contributed by atoms with Crippen molar-refractivity contribution in [3.05, 3.63) is 187 Å². The van der Waals surface area contributed by atoms with E-state index in [1.807, 2.05) is 119 Å². The number of alkyl halides is 1. The van der Waals surface area contributed by atoms with Crippen LogP contribution in [0.25, 0.3) is 34.1 Å². The van der Waals surface area contributed by atoms with Gasteiger partial charge in [0.05, 0.1) is 127 Å². The number of carbonyl (C=O) groups is 8. The Labute approximate surface area is 761 Å². The van der Waals surface area contributed by atoms with Crippen LogP contribution in [0.15, 0.2) is 157 Å². The van der Waals surface area contributed by atoms with Crippen LogP contribution < -0.4 is 5.32 Å². The molecule has 4 atom stereocenters. The number of thiophene rings is 7. The normalized spacial score (nSPS) is 15.7. The summed E-state index contributed by atoms with van der Waals surface area (Å²) in [6.45, 7) is 27.4. The summed E-state index contributed by atoms with van der Waals surface area (Å²) in [6.07, 6.45) is 17.9. The monoisotopic (exact) mass is 1910 g/mol. The Morgan fingerprint density at radius 1 is 0.508 bits per heavy atom. The molecule has 4 unspecified atom stereocenters. The number of Topliss-reactive ketones (excluding diaryl/α,β-unsaturated/α-hetero) is 1. The van der Waals surface area contributed by atoms with Crippen molar-refractivity contribution in [2.45, 2.75) is 217 Å². The summed E-state index contributed by atoms with van der Waals surface area (Å²) in [5.74, 6) is 0.788. The van der Waals surface area contributed by atoms with Crippen molar-refractivity contribution in [3.8, 4) is 6.07 Å². The number of esters is 2. The molecule has 0 saturated carbocycles. The van der Waals surface area contributed by atoms with Gasteiger partial charge in [0.1, 0.15) is 10.9 Å². The molecule has 29 heteroatoms. The molecule has 0 fully saturated rings. The number of rotatable bonds is 35. The summed E-state index contributed by atoms with van der Waals surface area (Å²) in [7, 11) is 3.34. The molecule has 7 aromatic heterocycles. The Hall–Kier alpha value is -7.11. The molecule has 0 saturated heterocycles. The first-order chi connectivity index (χ1) is 58.3. The van der Waals surface area contributed by atoms with E-state index in [1.54, 1.807) is 90.4 Å². The summed E-state index contributed by atoms with van der Waals surface area (Å²) in [5.41, 5.74) is 8.41. The third kappa shape index (κ3) is 26.5. The standard InChI is InChI=1S/C30H38Br2N2O2S2.C30H40N2O2S2.C15H9NO2S2.C10H18O4.C5H3NS.CH3F.BHNS/c1-5-9-11-19(7-3)17-33-27(21-13-15-23(31)37-21)25-26(29(33)35)28(22-14-16-24(32)38-22)34(30(25)36)18-20(8-4)12-10-6-2;1-5-9-13-21(7-3)19-31-27(23-15-11-17-35-23)25-26(29(31)33)28(24-16-12-18-36-24)32(30(25)34)20-22(8-4)14-10-6-2;17-9-7-8(10-3-1-5-19-10)12-13(9)14(16-15(12)18)11-4-2-6-20-11;1-7(2)13-9(11)5-6-10(12)14-8(3)4;6-4-5-2-1-3-7-5;1-2;1-2-3/h13-16,19-20H,5-12,17-18H2,1-4H3;11-12,15-18,21-22H,5-10,13-14,19-20H2,1-4H3;1-6H,7H2,(H,16,18);7-8H,5-6H2,1-4H3;1-3H;1H3;3H/i;;;;;1D;. The molecular weight excluding hydrogens is 1800 g/mol. The van der Waals surface area contributed by atoms with Crippen LogP contribution in [0.4, 0.5) is 4.39 Å². The quantitative estimate of drug-likeness (QED) is 0.0216. The van der Waals surface area contributed by atoms with Crippen LogP contribution in [-0.4, -0.2) is 120 Å². The predicted molar refractivity (Wildman–Crippen MR) is 506 cm³/mol. The third-order valence-electron chi connectivity index (χ3n) is 20.8. The van der Waals surface area contributed by atoms with Crippen molar-refractivity contribution in [1.29, 1.82) is 5.26 Å². The molecule has 1 radical (unpaired) electrons. The number of fused-ring (bicyclic) bond motifs is 3. The van der Waals surface area contributed by atoms with Crippen molar-refractivity contribution >= 4 is 213 Å². The van der Waals surface area contributed by atoms with Gasteiger partial charge < -0.3 is 34.4 Å². The van der Waals surface area contributed by atoms with Gasteiger partial charge in [-0.25, -0.2) is 0 Å². The van der Waals surface area contributed by atoms with E-state index in [1.165, 1.54) is 22.7 Å². The molecule has 12 heterocycles. The molecule has 0 bridgehead atoms. The van der Waals surface area contributed by atoms with Gasteiger partial charge in [-0.05, 0) is 196 Å². The number of amides is 5. The Morgan fingerprint density at radius 3 is 1.09 bits per heavy atom. The molecule has 13 rings (SSSR count). The molecule has 5 amide bonds. The van der Waals surface area contributed by atoms with E-state index < -0.39 is 7.15 Å². The SMILES string of the molecule is CC(C)OC(=O)CCC(=O)OC(C)C.CCCCC(CC)CN1C(=O)C2=C(c3ccc(Br)s3)N(CC(CC)CCCC)C(=O)C2=C1c1ccc(Br)s1.CCCCC(CC)CN1C(=O)C2=C(c3cccs3)N(CC(CC)CCCC)C(=O)C2=C1c1cccs1.N#Cc1cccs1.O=C1CC(c2cccs2)=C2C(=O)NC(c3cccs3)=C12.[2H]CF.[B]=NS. The van der Waals surface area contributed by atoms with Crippen LogP contribution in [-0.2, 0) is 47.8 Å². The number of nitrogens with zero attached hydrogens (tertiary/aromatic N) is 6. The van der Waals surface area contributed by atoms with Gasteiger partial charge >= 0.3 is 36.7 Å². The van der Waals surface area contributed by atoms with Gasteiger partial charge in [-0.15, -0.1) is 79.4 Å². The fraction of sp³-hybridized carbons (Fsp3) is 0.462. The zero-order valence-electron chi connectivity index (χ0n) is 71.7. The number of ether oxygens (including phenoxy) is 2. The van der Waals surface area contributed by atoms with Crippen LogP contribution >= 0.6 is 124 Å². The van der Waals surface area contributed by atoms with E-state index in [9.17, 15) is 42.7 Å². The summed E-state index contributed by atoms with van der Waals surface area (Å²) in [6, 6.07) is 29.7. The molecule has 0 spiro atoms. The van der Waals surface area contributed by atoms with Gasteiger partial charge in [-0.1, -0.05) is 163 Å². The van der Waals surface area contributed by atoms with E-state index >= 15 is 0 Å². The van der Waals surface area contributed by atoms with Crippen LogP contribution in [0.1, 0.15) is 241 Å². The Bertz CT molecular complexity index is 4560. The number of carbonyl (C=O) groups excluding carboxylic acids is 8. The Morgan fingerprint density at radius 2 is 0.825 bits per heavy atom. The number of hydrogen-bond donors (Lipinski definition) is 2. The first-order valence-electron chi connectivity index (χ1n) is 42.0. The number of thiol groups is 1. The zero-order chi connectivity index (χ0) is 88.4. The number of halogens is 3. The predicted octanol–water partition coefficient (Wildman–Crippen LogP) is 24.8. The molecule has 6 aliphatic rings. The molecule has 17 nitrogen and oxygen atoms in total. The first kappa shape index (κ1) is 98.3. The van der Waals surface area contributed by atoms with E-state index in [4.69, 9.17) is 16.1 Å². The number of nitrogens with one attached hydrogen (secondary N) is 1. The summed E-state index contributed by atoms with van der Waals surface area (Å²) in [5, 5.41) is 20.9. The number of hydrogen-bond acceptors (Lipinski definition) is 20. The van der Waals surface area contributed by atoms with Gasteiger partial charge in [0.15, 0.2) is 5.78 Å². The van der Waals surface area contributed by atoms with Crippen molar-refractivity contribution in [1.82, 2.24) is 24.9 Å². The second kappa shape index (κ2) is 51.2. The second-order valence-electron chi connectivity index (χ2n) is 29.8. The average molecular weight is 1910 g/mol. The van der Waals surface area contributed by atoms with Gasteiger partial charge in [0, 0.05) is 37.5 Å². The summed E-state index contributed by atoms with van der Waals surface area (Å²) >= 11 is 21.4. The maximum atomic E-state index is 14.3. The summed E-state index contributed by atoms with van der Waals surface area (Å²) in [4.78, 5) is 118. The topological polar surface area (TPSA) is 216 Å². The molecule has 1 aliphatic carbocycles. The molecule has 1 N–H and O–H groups in total. The van der Waals surface area contributed by atoms with Crippen molar-refractivity contribution in [2.24, 2.45) is 28.0 Å². The third-order valence-corrected chi connectivity index (χ3v) is 28.4. The Balaban J connectivity index is 0.000000222. The molecule has 7 aromatic rings. The van der Waals surface area contributed by atoms with Crippen LogP contribution in [0, 0.1) is 35.0 Å². The molecule has 120 heavy (non-hydrogen) atoms. The van der Waals surface area contributed by atoms with Crippen LogP contribution in [0.3, 0.4) is 0 Å². The zero-order valence-corrected chi connectivity index (χ0v) is 80.5. The van der Waals surface area contributed by atoms with E-state index in [0.717, 1.165) is 173 Å². The molecule has 0 aromatic carbocycles. The van der Waals surface area contributed by atoms with Crippen molar-refractivity contribution < 1.29 is 53.6 Å². The van der Waals surface area contributed by atoms with E-state index in [2.05, 4.69) is 129 Å². The van der Waals surface area contributed by atoms with Gasteiger partial charge in [-0.2, -0.15) is 5.26 Å². The van der Waals surface area contributed by atoms with Gasteiger partial charge in [0.2, 0.25) is 0 Å². The molecule has 643 valence electrons. The van der Waals surface area contributed by atoms with E-state index in [0.29, 0.717) is 95.4 Å². The maximum absolute atomic E-state index is 14.3. The van der Waals surface area contributed by atoms with Gasteiger partial charge in [-0.3, -0.25) is 42.7 Å². The summed E-state index contributed by atoms with van der Waals surface area (Å²) < 4.78 is 29.9. The van der Waals surface area contributed by atoms with Crippen LogP contribution in [0.2, 0.25) is 0 Å². The molecule has 5 aliphatic heterocycles. The minimum atomic E-state index is -1.00. The first-order valence-corrected chi connectivity index (χ1v) is 49.3. The Kier molecular flexibility index (Phi) is 42.0. The fourth-order valence-electron chi connectivity index (χ4n) is 14.8.